The fraction of sp³-hybridized carbons (Fsp3) is 0. The maximum atomic E-state index is 4.72. The largest absolute Gasteiger partial charge is 0.298 e. The van der Waals surface area contributed by atoms with Gasteiger partial charge in [0.25, 0.3) is 0 Å². The smallest absolute Gasteiger partial charge is 0.163 e. The molecule has 8 rings (SSSR count). The molecule has 8 aromatic rings. The Balaban J connectivity index is 1.75. The van der Waals surface area contributed by atoms with Crippen molar-refractivity contribution in [3.8, 4) is 0 Å². The van der Waals surface area contributed by atoms with Crippen molar-refractivity contribution in [2.24, 2.45) is 0 Å². The number of pyridine rings is 2. The molecule has 0 aliphatic heterocycles. The number of rotatable bonds is 0. The number of benzene rings is 3. The highest BCUT2D eigenvalue weighted by molar-refractivity contribution is 7.30. The Morgan fingerprint density at radius 1 is 0.613 bits per heavy atom. The molecule has 5 aromatic heterocycles. The summed E-state index contributed by atoms with van der Waals surface area (Å²) in [6, 6.07) is 22.0. The summed E-state index contributed by atoms with van der Waals surface area (Å²) in [6.07, 6.45) is 5.77. The van der Waals surface area contributed by atoms with Crippen molar-refractivity contribution in [3.63, 3.8) is 0 Å². The first-order valence-corrected chi connectivity index (χ1v) is 11.8. The highest BCUT2D eigenvalue weighted by Crippen LogP contribution is 2.47. The molecule has 31 heavy (non-hydrogen) atoms. The third-order valence-corrected chi connectivity index (χ3v) is 8.64. The van der Waals surface area contributed by atoms with Gasteiger partial charge in [-0.3, -0.25) is 9.38 Å². The molecule has 0 aliphatic rings. The summed E-state index contributed by atoms with van der Waals surface area (Å²) >= 11 is 3.78. The topological polar surface area (TPSA) is 30.2 Å². The van der Waals surface area contributed by atoms with Gasteiger partial charge in [-0.05, 0) is 30.3 Å². The quantitative estimate of drug-likeness (QED) is 0.230. The van der Waals surface area contributed by atoms with Crippen molar-refractivity contribution < 1.29 is 0 Å². The zero-order valence-electron chi connectivity index (χ0n) is 16.2. The van der Waals surface area contributed by atoms with Crippen molar-refractivity contribution in [3.05, 3.63) is 79.3 Å². The van der Waals surface area contributed by atoms with E-state index in [1.165, 1.54) is 56.6 Å². The predicted molar refractivity (Wildman–Crippen MR) is 134 cm³/mol. The Labute approximate surface area is 183 Å². The Morgan fingerprint density at radius 2 is 1.48 bits per heavy atom. The highest BCUT2D eigenvalue weighted by atomic mass is 32.1. The third kappa shape index (κ3) is 1.93. The van der Waals surface area contributed by atoms with Crippen LogP contribution in [0, 0.1) is 0 Å². The fourth-order valence-corrected chi connectivity index (χ4v) is 7.49. The molecule has 0 unspecified atom stereocenters. The van der Waals surface area contributed by atoms with E-state index in [-0.39, 0.29) is 0 Å². The third-order valence-electron chi connectivity index (χ3n) is 6.31. The van der Waals surface area contributed by atoms with E-state index in [0.29, 0.717) is 0 Å². The van der Waals surface area contributed by atoms with Gasteiger partial charge in [-0.2, -0.15) is 0 Å². The van der Waals surface area contributed by atoms with Gasteiger partial charge in [0.05, 0.1) is 5.52 Å². The fourth-order valence-electron chi connectivity index (χ4n) is 5.05. The van der Waals surface area contributed by atoms with Crippen LogP contribution in [0.2, 0.25) is 0 Å². The molecule has 3 aromatic carbocycles. The highest BCUT2D eigenvalue weighted by Gasteiger charge is 2.18. The molecule has 0 aliphatic carbocycles. The molecular formula is C26H13N3S2. The summed E-state index contributed by atoms with van der Waals surface area (Å²) in [7, 11) is 0. The van der Waals surface area contributed by atoms with E-state index in [1.807, 2.05) is 47.3 Å². The van der Waals surface area contributed by atoms with E-state index >= 15 is 0 Å². The zero-order valence-corrected chi connectivity index (χ0v) is 17.8. The molecule has 0 radical (unpaired) electrons. The van der Waals surface area contributed by atoms with Gasteiger partial charge in [0.15, 0.2) is 5.65 Å². The normalized spacial score (nSPS) is 12.5. The number of hydrogen-bond acceptors (Lipinski definition) is 4. The van der Waals surface area contributed by atoms with Crippen LogP contribution in [0.4, 0.5) is 0 Å². The van der Waals surface area contributed by atoms with Crippen LogP contribution in [-0.2, 0) is 0 Å². The zero-order chi connectivity index (χ0) is 20.1. The van der Waals surface area contributed by atoms with E-state index in [9.17, 15) is 0 Å². The monoisotopic (exact) mass is 431 g/mol. The van der Waals surface area contributed by atoms with Gasteiger partial charge < -0.3 is 0 Å². The second-order valence-electron chi connectivity index (χ2n) is 7.87. The summed E-state index contributed by atoms with van der Waals surface area (Å²) in [5.41, 5.74) is 3.04. The van der Waals surface area contributed by atoms with Gasteiger partial charge in [0.2, 0.25) is 0 Å². The lowest BCUT2D eigenvalue weighted by molar-refractivity contribution is 1.26. The minimum atomic E-state index is 0.911. The van der Waals surface area contributed by atoms with E-state index < -0.39 is 0 Å². The Morgan fingerprint density at radius 3 is 2.48 bits per heavy atom. The van der Waals surface area contributed by atoms with Crippen LogP contribution in [0.25, 0.3) is 67.8 Å². The van der Waals surface area contributed by atoms with E-state index in [2.05, 4.69) is 64.0 Å². The van der Waals surface area contributed by atoms with Crippen LogP contribution in [0.1, 0.15) is 0 Å². The number of fused-ring (bicyclic) bond motifs is 14. The van der Waals surface area contributed by atoms with Gasteiger partial charge in [0.1, 0.15) is 5.52 Å². The molecule has 0 atom stereocenters. The lowest BCUT2D eigenvalue weighted by atomic mass is 10.0. The summed E-state index contributed by atoms with van der Waals surface area (Å²) in [5.74, 6) is 0. The van der Waals surface area contributed by atoms with Crippen molar-refractivity contribution in [1.82, 2.24) is 14.4 Å². The van der Waals surface area contributed by atoms with Crippen molar-refractivity contribution >= 4 is 90.5 Å². The predicted octanol–water partition coefficient (Wildman–Crippen LogP) is 7.77. The molecule has 5 heteroatoms. The summed E-state index contributed by atoms with van der Waals surface area (Å²) in [4.78, 5) is 9.33. The molecular weight excluding hydrogens is 418 g/mol. The second-order valence-corrected chi connectivity index (χ2v) is 10.0. The maximum absolute atomic E-state index is 4.72. The minimum Gasteiger partial charge on any atom is -0.298 e. The first-order chi connectivity index (χ1) is 15.4. The Bertz CT molecular complexity index is 2010. The maximum Gasteiger partial charge on any atom is 0.163 e. The lowest BCUT2D eigenvalue weighted by Gasteiger charge is -2.09. The van der Waals surface area contributed by atoms with E-state index in [1.54, 1.807) is 0 Å². The van der Waals surface area contributed by atoms with Crippen molar-refractivity contribution in [2.75, 3.05) is 0 Å². The van der Waals surface area contributed by atoms with Crippen LogP contribution in [0.15, 0.2) is 79.3 Å². The molecule has 0 fully saturated rings. The van der Waals surface area contributed by atoms with Gasteiger partial charge in [0, 0.05) is 69.7 Å². The molecule has 0 spiro atoms. The van der Waals surface area contributed by atoms with Crippen LogP contribution >= 0.6 is 22.7 Å². The molecule has 0 saturated carbocycles. The Kier molecular flexibility index (Phi) is 2.91. The number of nitrogens with zero attached hydrogens (tertiary/aromatic N) is 3. The number of thiophene rings is 2. The van der Waals surface area contributed by atoms with E-state index in [0.717, 1.165) is 11.2 Å². The van der Waals surface area contributed by atoms with Gasteiger partial charge in [-0.1, -0.05) is 30.3 Å². The summed E-state index contributed by atoms with van der Waals surface area (Å²) in [5, 5.41) is 7.82. The molecule has 5 heterocycles. The first kappa shape index (κ1) is 16.2. The molecule has 144 valence electrons. The minimum absolute atomic E-state index is 0.911. The molecule has 0 amide bonds. The van der Waals surface area contributed by atoms with Crippen LogP contribution < -0.4 is 0 Å². The first-order valence-electron chi connectivity index (χ1n) is 10.2. The van der Waals surface area contributed by atoms with Crippen LogP contribution in [0.5, 0.6) is 0 Å². The Hall–Kier alpha value is -3.54. The summed E-state index contributed by atoms with van der Waals surface area (Å²) < 4.78 is 7.55. The van der Waals surface area contributed by atoms with E-state index in [4.69, 9.17) is 4.98 Å². The number of aromatic nitrogens is 3. The SMILES string of the molecule is c1ccc2c(c1)sc1c2ccc2sc3ccc4c(c5cccnc5c5nccn45)c3c21. The molecule has 0 saturated heterocycles. The molecule has 0 N–H and O–H groups in total. The standard InChI is InChI=1S/C26H13N3S2/c1-2-6-18-14(4-1)15-7-9-20-23(25(15)31-18)22-19(30-20)10-8-17-21(22)16-5-3-11-27-24(16)26-28-12-13-29(17)26/h1-13H. The van der Waals surface area contributed by atoms with Crippen molar-refractivity contribution in [1.29, 1.82) is 0 Å². The number of imidazole rings is 1. The second kappa shape index (κ2) is 5.58. The van der Waals surface area contributed by atoms with Crippen LogP contribution in [-0.4, -0.2) is 14.4 Å². The molecule has 0 bridgehead atoms. The van der Waals surface area contributed by atoms with Gasteiger partial charge in [-0.15, -0.1) is 22.7 Å². The average molecular weight is 432 g/mol. The lowest BCUT2D eigenvalue weighted by Crippen LogP contribution is -1.92. The van der Waals surface area contributed by atoms with Crippen LogP contribution in [0.3, 0.4) is 0 Å². The molecule has 3 nitrogen and oxygen atoms in total. The number of hydrogen-bond donors (Lipinski definition) is 0. The summed E-state index contributed by atoms with van der Waals surface area (Å²) in [6.45, 7) is 0. The average Bonchev–Trinajstić information content (AvgIpc) is 3.53. The van der Waals surface area contributed by atoms with Crippen molar-refractivity contribution in [2.45, 2.75) is 0 Å². The van der Waals surface area contributed by atoms with Gasteiger partial charge >= 0.3 is 0 Å². The van der Waals surface area contributed by atoms with Gasteiger partial charge in [-0.25, -0.2) is 4.98 Å².